The molecule has 0 bridgehead atoms. The highest BCUT2D eigenvalue weighted by atomic mass is 15.2. The number of aromatic nitrogens is 2. The van der Waals surface area contributed by atoms with Gasteiger partial charge in [-0.25, -0.2) is 4.98 Å². The van der Waals surface area contributed by atoms with Crippen molar-refractivity contribution in [2.24, 2.45) is 5.92 Å². The van der Waals surface area contributed by atoms with E-state index in [0.29, 0.717) is 12.0 Å². The van der Waals surface area contributed by atoms with Gasteiger partial charge in [0.2, 0.25) is 0 Å². The van der Waals surface area contributed by atoms with Crippen LogP contribution in [0.3, 0.4) is 0 Å². The molecule has 2 rings (SSSR count). The maximum Gasteiger partial charge on any atom is 0.152 e. The highest BCUT2D eigenvalue weighted by molar-refractivity contribution is 5.56. The Hall–Kier alpha value is -1.55. The van der Waals surface area contributed by atoms with Crippen LogP contribution in [0.5, 0.6) is 0 Å². The lowest BCUT2D eigenvalue weighted by Crippen LogP contribution is -2.31. The van der Waals surface area contributed by atoms with Gasteiger partial charge in [0.1, 0.15) is 5.65 Å². The van der Waals surface area contributed by atoms with Gasteiger partial charge >= 0.3 is 0 Å². The summed E-state index contributed by atoms with van der Waals surface area (Å²) < 4.78 is 2.17. The van der Waals surface area contributed by atoms with E-state index in [1.165, 1.54) is 12.1 Å². The summed E-state index contributed by atoms with van der Waals surface area (Å²) >= 11 is 0. The van der Waals surface area contributed by atoms with Crippen molar-refractivity contribution in [3.05, 3.63) is 30.1 Å². The van der Waals surface area contributed by atoms with E-state index in [0.717, 1.165) is 18.0 Å². The SMILES string of the molecule is CNCc1c(N(C)C(C)CC(C)C)nc2ccccn12. The molecule has 0 aliphatic heterocycles. The zero-order valence-electron chi connectivity index (χ0n) is 13.2. The van der Waals surface area contributed by atoms with Crippen molar-refractivity contribution < 1.29 is 0 Å². The lowest BCUT2D eigenvalue weighted by Gasteiger charge is -2.27. The molecule has 110 valence electrons. The summed E-state index contributed by atoms with van der Waals surface area (Å²) in [6.07, 6.45) is 3.25. The van der Waals surface area contributed by atoms with Gasteiger partial charge in [-0.15, -0.1) is 0 Å². The largest absolute Gasteiger partial charge is 0.355 e. The van der Waals surface area contributed by atoms with Crippen molar-refractivity contribution >= 4 is 11.5 Å². The Labute approximate surface area is 121 Å². The maximum absolute atomic E-state index is 4.81. The van der Waals surface area contributed by atoms with E-state index in [2.05, 4.69) is 60.8 Å². The van der Waals surface area contributed by atoms with Gasteiger partial charge in [0.15, 0.2) is 5.82 Å². The molecule has 0 saturated heterocycles. The third-order valence-electron chi connectivity index (χ3n) is 3.76. The van der Waals surface area contributed by atoms with Crippen LogP contribution in [-0.2, 0) is 6.54 Å². The van der Waals surface area contributed by atoms with E-state index >= 15 is 0 Å². The summed E-state index contributed by atoms with van der Waals surface area (Å²) in [7, 11) is 4.12. The number of hydrogen-bond donors (Lipinski definition) is 1. The maximum atomic E-state index is 4.81. The van der Waals surface area contributed by atoms with Gasteiger partial charge in [-0.05, 0) is 38.4 Å². The Bertz CT molecular complexity index is 559. The molecule has 0 aliphatic rings. The summed E-state index contributed by atoms with van der Waals surface area (Å²) in [6, 6.07) is 6.63. The zero-order chi connectivity index (χ0) is 14.7. The quantitative estimate of drug-likeness (QED) is 0.879. The summed E-state index contributed by atoms with van der Waals surface area (Å²) in [5, 5.41) is 3.25. The molecule has 0 aromatic carbocycles. The average molecular weight is 274 g/mol. The molecule has 2 aromatic heterocycles. The van der Waals surface area contributed by atoms with E-state index < -0.39 is 0 Å². The minimum Gasteiger partial charge on any atom is -0.355 e. The van der Waals surface area contributed by atoms with Gasteiger partial charge in [0, 0.05) is 25.8 Å². The van der Waals surface area contributed by atoms with Crippen LogP contribution in [0.2, 0.25) is 0 Å². The molecule has 0 spiro atoms. The fourth-order valence-corrected chi connectivity index (χ4v) is 2.70. The Morgan fingerprint density at radius 3 is 2.70 bits per heavy atom. The topological polar surface area (TPSA) is 32.6 Å². The molecule has 1 atom stereocenters. The van der Waals surface area contributed by atoms with E-state index in [9.17, 15) is 0 Å². The molecule has 0 aliphatic carbocycles. The minimum absolute atomic E-state index is 0.482. The first-order chi connectivity index (χ1) is 9.54. The molecule has 20 heavy (non-hydrogen) atoms. The minimum atomic E-state index is 0.482. The van der Waals surface area contributed by atoms with Crippen molar-refractivity contribution in [1.82, 2.24) is 14.7 Å². The van der Waals surface area contributed by atoms with Crippen molar-refractivity contribution in [2.45, 2.75) is 39.8 Å². The predicted molar refractivity (Wildman–Crippen MR) is 85.3 cm³/mol. The van der Waals surface area contributed by atoms with Crippen molar-refractivity contribution in [3.63, 3.8) is 0 Å². The zero-order valence-corrected chi connectivity index (χ0v) is 13.2. The van der Waals surface area contributed by atoms with Crippen LogP contribution in [0.25, 0.3) is 5.65 Å². The highest BCUT2D eigenvalue weighted by Gasteiger charge is 2.19. The molecule has 0 amide bonds. The van der Waals surface area contributed by atoms with E-state index in [-0.39, 0.29) is 0 Å². The number of fused-ring (bicyclic) bond motifs is 1. The third-order valence-corrected chi connectivity index (χ3v) is 3.76. The molecule has 2 heterocycles. The first kappa shape index (κ1) is 14.9. The van der Waals surface area contributed by atoms with E-state index in [1.54, 1.807) is 0 Å². The van der Waals surface area contributed by atoms with Crippen LogP contribution in [0.1, 0.15) is 32.9 Å². The fraction of sp³-hybridized carbons (Fsp3) is 0.562. The summed E-state index contributed by atoms with van der Waals surface area (Å²) in [4.78, 5) is 7.11. The smallest absolute Gasteiger partial charge is 0.152 e. The second kappa shape index (κ2) is 6.27. The van der Waals surface area contributed by atoms with Gasteiger partial charge in [-0.1, -0.05) is 19.9 Å². The first-order valence-electron chi connectivity index (χ1n) is 7.38. The second-order valence-electron chi connectivity index (χ2n) is 5.93. The first-order valence-corrected chi connectivity index (χ1v) is 7.38. The molecule has 0 saturated carbocycles. The lowest BCUT2D eigenvalue weighted by atomic mass is 10.0. The fourth-order valence-electron chi connectivity index (χ4n) is 2.70. The number of imidazole rings is 1. The molecule has 0 fully saturated rings. The van der Waals surface area contributed by atoms with Crippen LogP contribution >= 0.6 is 0 Å². The molecular weight excluding hydrogens is 248 g/mol. The number of anilines is 1. The lowest BCUT2D eigenvalue weighted by molar-refractivity contribution is 0.501. The molecule has 4 nitrogen and oxygen atoms in total. The van der Waals surface area contributed by atoms with Gasteiger partial charge in [0.25, 0.3) is 0 Å². The second-order valence-corrected chi connectivity index (χ2v) is 5.93. The van der Waals surface area contributed by atoms with Crippen LogP contribution in [-0.4, -0.2) is 29.5 Å². The molecule has 2 aromatic rings. The summed E-state index contributed by atoms with van der Waals surface area (Å²) in [6.45, 7) is 7.62. The van der Waals surface area contributed by atoms with Gasteiger partial charge < -0.3 is 14.6 Å². The number of nitrogens with zero attached hydrogens (tertiary/aromatic N) is 3. The Balaban J connectivity index is 2.39. The van der Waals surface area contributed by atoms with Crippen LogP contribution in [0.15, 0.2) is 24.4 Å². The third kappa shape index (κ3) is 2.96. The Kier molecular flexibility index (Phi) is 4.65. The summed E-state index contributed by atoms with van der Waals surface area (Å²) in [5.74, 6) is 1.77. The van der Waals surface area contributed by atoms with Crippen LogP contribution < -0.4 is 10.2 Å². The monoisotopic (exact) mass is 274 g/mol. The van der Waals surface area contributed by atoms with Gasteiger partial charge in [-0.2, -0.15) is 0 Å². The van der Waals surface area contributed by atoms with Crippen LogP contribution in [0.4, 0.5) is 5.82 Å². The van der Waals surface area contributed by atoms with Crippen molar-refractivity contribution in [1.29, 1.82) is 0 Å². The number of pyridine rings is 1. The van der Waals surface area contributed by atoms with E-state index in [1.807, 2.05) is 13.1 Å². The number of hydrogen-bond acceptors (Lipinski definition) is 3. The molecule has 1 N–H and O–H groups in total. The normalized spacial score (nSPS) is 13.1. The predicted octanol–water partition coefficient (Wildman–Crippen LogP) is 2.92. The van der Waals surface area contributed by atoms with Crippen LogP contribution in [0, 0.1) is 5.92 Å². The van der Waals surface area contributed by atoms with Crippen molar-refractivity contribution in [2.75, 3.05) is 19.0 Å². The molecule has 4 heteroatoms. The molecule has 1 unspecified atom stereocenters. The van der Waals surface area contributed by atoms with Crippen molar-refractivity contribution in [3.8, 4) is 0 Å². The number of rotatable bonds is 6. The molecular formula is C16H26N4. The standard InChI is InChI=1S/C16H26N4/c1-12(2)10-13(3)19(5)16-14(11-17-4)20-9-7-6-8-15(20)18-16/h6-9,12-13,17H,10-11H2,1-5H3. The Morgan fingerprint density at radius 1 is 1.30 bits per heavy atom. The number of nitrogens with one attached hydrogen (secondary N) is 1. The van der Waals surface area contributed by atoms with Gasteiger partial charge in [0.05, 0.1) is 5.69 Å². The molecule has 0 radical (unpaired) electrons. The Morgan fingerprint density at radius 2 is 2.05 bits per heavy atom. The van der Waals surface area contributed by atoms with E-state index in [4.69, 9.17) is 4.98 Å². The highest BCUT2D eigenvalue weighted by Crippen LogP contribution is 2.24. The summed E-state index contributed by atoms with van der Waals surface area (Å²) in [5.41, 5.74) is 2.23. The van der Waals surface area contributed by atoms with Gasteiger partial charge in [-0.3, -0.25) is 0 Å². The average Bonchev–Trinajstić information content (AvgIpc) is 2.77.